The van der Waals surface area contributed by atoms with Crippen molar-refractivity contribution in [2.24, 2.45) is 5.41 Å². The Labute approximate surface area is 116 Å². The van der Waals surface area contributed by atoms with Crippen LogP contribution in [0.25, 0.3) is 0 Å². The first-order chi connectivity index (χ1) is 9.19. The second kappa shape index (κ2) is 6.40. The summed E-state index contributed by atoms with van der Waals surface area (Å²) in [7, 11) is 0. The summed E-state index contributed by atoms with van der Waals surface area (Å²) < 4.78 is 11.5. The van der Waals surface area contributed by atoms with Crippen LogP contribution in [0, 0.1) is 12.3 Å². The first kappa shape index (κ1) is 14.4. The summed E-state index contributed by atoms with van der Waals surface area (Å²) >= 11 is 0. The minimum atomic E-state index is 0.175. The van der Waals surface area contributed by atoms with Gasteiger partial charge in [0.05, 0.1) is 25.2 Å². The van der Waals surface area contributed by atoms with Crippen LogP contribution in [0.1, 0.15) is 19.4 Å². The molecular formula is C16H25NO2. The van der Waals surface area contributed by atoms with Crippen molar-refractivity contribution >= 4 is 0 Å². The van der Waals surface area contributed by atoms with E-state index < -0.39 is 0 Å². The van der Waals surface area contributed by atoms with Crippen molar-refractivity contribution in [2.75, 3.05) is 39.5 Å². The minimum absolute atomic E-state index is 0.175. The lowest BCUT2D eigenvalue weighted by atomic mass is 9.86. The molecule has 0 amide bonds. The molecule has 2 rings (SSSR count). The average molecular weight is 263 g/mol. The van der Waals surface area contributed by atoms with Gasteiger partial charge in [0.2, 0.25) is 0 Å². The van der Waals surface area contributed by atoms with Crippen LogP contribution in [0.4, 0.5) is 0 Å². The van der Waals surface area contributed by atoms with Crippen molar-refractivity contribution < 1.29 is 9.47 Å². The minimum Gasteiger partial charge on any atom is -0.493 e. The van der Waals surface area contributed by atoms with E-state index in [0.29, 0.717) is 0 Å². The Hall–Kier alpha value is -1.06. The largest absolute Gasteiger partial charge is 0.493 e. The molecule has 1 aromatic rings. The molecule has 0 aliphatic carbocycles. The first-order valence-electron chi connectivity index (χ1n) is 7.17. The van der Waals surface area contributed by atoms with E-state index in [1.165, 1.54) is 5.56 Å². The van der Waals surface area contributed by atoms with E-state index in [4.69, 9.17) is 9.47 Å². The first-order valence-corrected chi connectivity index (χ1v) is 7.17. The molecule has 3 heteroatoms. The Morgan fingerprint density at radius 2 is 1.89 bits per heavy atom. The molecule has 0 N–H and O–H groups in total. The molecule has 1 saturated heterocycles. The third-order valence-corrected chi connectivity index (χ3v) is 3.90. The summed E-state index contributed by atoms with van der Waals surface area (Å²) in [5.41, 5.74) is 1.37. The number of para-hydroxylation sites is 1. The van der Waals surface area contributed by atoms with Crippen LogP contribution in [0.5, 0.6) is 5.75 Å². The third-order valence-electron chi connectivity index (χ3n) is 3.90. The van der Waals surface area contributed by atoms with Gasteiger partial charge in [0, 0.05) is 6.54 Å². The highest BCUT2D eigenvalue weighted by Crippen LogP contribution is 2.30. The molecule has 0 unspecified atom stereocenters. The van der Waals surface area contributed by atoms with Gasteiger partial charge in [-0.15, -0.1) is 0 Å². The summed E-state index contributed by atoms with van der Waals surface area (Å²) in [5.74, 6) is 0.994. The zero-order chi connectivity index (χ0) is 13.7. The van der Waals surface area contributed by atoms with Gasteiger partial charge < -0.3 is 14.4 Å². The highest BCUT2D eigenvalue weighted by atomic mass is 16.5. The molecule has 1 heterocycles. The number of hydrogen-bond donors (Lipinski definition) is 0. The van der Waals surface area contributed by atoms with Gasteiger partial charge >= 0.3 is 0 Å². The van der Waals surface area contributed by atoms with Gasteiger partial charge in [-0.2, -0.15) is 0 Å². The van der Waals surface area contributed by atoms with Gasteiger partial charge in [-0.05, 0) is 31.6 Å². The summed E-state index contributed by atoms with van der Waals surface area (Å²) in [4.78, 5) is 2.45. The molecular weight excluding hydrogens is 238 g/mol. The Balaban J connectivity index is 1.94. The molecule has 0 saturated carbocycles. The fraction of sp³-hybridized carbons (Fsp3) is 0.625. The molecule has 0 radical (unpaired) electrons. The number of benzene rings is 1. The zero-order valence-electron chi connectivity index (χ0n) is 12.3. The standard InChI is InChI=1S/C16H25NO2/c1-4-17(5-2)10-16(11-18-12-16)13-19-15-9-7-6-8-14(15)3/h6-9H,4-5,10-13H2,1-3H3. The molecule has 1 fully saturated rings. The van der Waals surface area contributed by atoms with Crippen molar-refractivity contribution in [1.82, 2.24) is 4.90 Å². The molecule has 3 nitrogen and oxygen atoms in total. The number of nitrogens with zero attached hydrogens (tertiary/aromatic N) is 1. The molecule has 0 spiro atoms. The predicted molar refractivity (Wildman–Crippen MR) is 77.7 cm³/mol. The van der Waals surface area contributed by atoms with Crippen LogP contribution >= 0.6 is 0 Å². The third kappa shape index (κ3) is 3.48. The van der Waals surface area contributed by atoms with Crippen LogP contribution in [0.2, 0.25) is 0 Å². The van der Waals surface area contributed by atoms with Gasteiger partial charge in [0.15, 0.2) is 0 Å². The highest BCUT2D eigenvalue weighted by molar-refractivity contribution is 5.31. The lowest BCUT2D eigenvalue weighted by Gasteiger charge is -2.43. The van der Waals surface area contributed by atoms with E-state index in [0.717, 1.165) is 45.2 Å². The molecule has 0 aromatic heterocycles. The fourth-order valence-corrected chi connectivity index (χ4v) is 2.48. The van der Waals surface area contributed by atoms with Crippen molar-refractivity contribution in [3.63, 3.8) is 0 Å². The predicted octanol–water partition coefficient (Wildman–Crippen LogP) is 2.73. The van der Waals surface area contributed by atoms with Crippen LogP contribution in [0.3, 0.4) is 0 Å². The fourth-order valence-electron chi connectivity index (χ4n) is 2.48. The lowest BCUT2D eigenvalue weighted by Crippen LogP contribution is -2.54. The van der Waals surface area contributed by atoms with Crippen molar-refractivity contribution in [1.29, 1.82) is 0 Å². The van der Waals surface area contributed by atoms with Crippen molar-refractivity contribution in [3.05, 3.63) is 29.8 Å². The average Bonchev–Trinajstić information content (AvgIpc) is 2.39. The molecule has 1 aliphatic heterocycles. The van der Waals surface area contributed by atoms with Crippen molar-refractivity contribution in [2.45, 2.75) is 20.8 Å². The second-order valence-corrected chi connectivity index (χ2v) is 5.51. The SMILES string of the molecule is CCN(CC)CC1(COc2ccccc2C)COC1. The van der Waals surface area contributed by atoms with E-state index in [1.807, 2.05) is 18.2 Å². The Kier molecular flexibility index (Phi) is 4.83. The van der Waals surface area contributed by atoms with Crippen molar-refractivity contribution in [3.8, 4) is 5.75 Å². The number of aryl methyl sites for hydroxylation is 1. The molecule has 1 aromatic carbocycles. The zero-order valence-corrected chi connectivity index (χ0v) is 12.3. The maximum absolute atomic E-state index is 6.03. The van der Waals surface area contributed by atoms with E-state index >= 15 is 0 Å². The number of ether oxygens (including phenoxy) is 2. The van der Waals surface area contributed by atoms with Crippen LogP contribution in [-0.4, -0.2) is 44.4 Å². The molecule has 19 heavy (non-hydrogen) atoms. The smallest absolute Gasteiger partial charge is 0.122 e. The second-order valence-electron chi connectivity index (χ2n) is 5.51. The molecule has 0 atom stereocenters. The van der Waals surface area contributed by atoms with E-state index in [2.05, 4.69) is 31.7 Å². The van der Waals surface area contributed by atoms with Crippen LogP contribution < -0.4 is 4.74 Å². The van der Waals surface area contributed by atoms with Gasteiger partial charge in [-0.3, -0.25) is 0 Å². The quantitative estimate of drug-likeness (QED) is 0.755. The monoisotopic (exact) mass is 263 g/mol. The van der Waals surface area contributed by atoms with E-state index in [1.54, 1.807) is 0 Å². The lowest BCUT2D eigenvalue weighted by molar-refractivity contribution is -0.143. The van der Waals surface area contributed by atoms with E-state index in [-0.39, 0.29) is 5.41 Å². The van der Waals surface area contributed by atoms with Crippen LogP contribution in [0.15, 0.2) is 24.3 Å². The Morgan fingerprint density at radius 1 is 1.21 bits per heavy atom. The van der Waals surface area contributed by atoms with Crippen LogP contribution in [-0.2, 0) is 4.74 Å². The summed E-state index contributed by atoms with van der Waals surface area (Å²) in [6, 6.07) is 8.20. The van der Waals surface area contributed by atoms with Gasteiger partial charge in [-0.25, -0.2) is 0 Å². The topological polar surface area (TPSA) is 21.7 Å². The van der Waals surface area contributed by atoms with E-state index in [9.17, 15) is 0 Å². The molecule has 106 valence electrons. The van der Waals surface area contributed by atoms with Gasteiger partial charge in [-0.1, -0.05) is 32.0 Å². The van der Waals surface area contributed by atoms with Gasteiger partial charge in [0.25, 0.3) is 0 Å². The molecule has 1 aliphatic rings. The Bertz CT molecular complexity index is 397. The normalized spacial score (nSPS) is 17.3. The number of hydrogen-bond acceptors (Lipinski definition) is 3. The molecule has 0 bridgehead atoms. The highest BCUT2D eigenvalue weighted by Gasteiger charge is 2.40. The summed E-state index contributed by atoms with van der Waals surface area (Å²) in [6.45, 7) is 12.1. The summed E-state index contributed by atoms with van der Waals surface area (Å²) in [6.07, 6.45) is 0. The maximum Gasteiger partial charge on any atom is 0.122 e. The number of rotatable bonds is 7. The van der Waals surface area contributed by atoms with Gasteiger partial charge in [0.1, 0.15) is 5.75 Å². The maximum atomic E-state index is 6.03. The summed E-state index contributed by atoms with van der Waals surface area (Å²) in [5, 5.41) is 0. The Morgan fingerprint density at radius 3 is 2.42 bits per heavy atom.